The van der Waals surface area contributed by atoms with Crippen LogP contribution < -0.4 is 0 Å². The molecular weight excluding hydrogens is 280 g/mol. The van der Waals surface area contributed by atoms with Gasteiger partial charge in [0, 0.05) is 4.47 Å². The van der Waals surface area contributed by atoms with Crippen LogP contribution in [0.3, 0.4) is 0 Å². The molecule has 2 aromatic carbocycles. The van der Waals surface area contributed by atoms with Gasteiger partial charge in [-0.1, -0.05) is 34.1 Å². The van der Waals surface area contributed by atoms with Gasteiger partial charge in [0.1, 0.15) is 11.5 Å². The van der Waals surface area contributed by atoms with Gasteiger partial charge in [-0.05, 0) is 49.2 Å². The topological polar surface area (TPSA) is 40.5 Å². The van der Waals surface area contributed by atoms with Crippen LogP contribution >= 0.6 is 15.9 Å². The molecule has 0 amide bonds. The van der Waals surface area contributed by atoms with Crippen molar-refractivity contribution in [2.45, 2.75) is 13.8 Å². The average molecular weight is 295 g/mol. The van der Waals surface area contributed by atoms with Crippen LogP contribution in [-0.4, -0.2) is 10.2 Å². The molecule has 0 atom stereocenters. The summed E-state index contributed by atoms with van der Waals surface area (Å²) in [5.41, 5.74) is 1.82. The van der Waals surface area contributed by atoms with Gasteiger partial charge in [-0.2, -0.15) is 0 Å². The highest BCUT2D eigenvalue weighted by molar-refractivity contribution is 9.10. The van der Waals surface area contributed by atoms with Crippen molar-refractivity contribution in [3.8, 4) is 11.5 Å². The first-order chi connectivity index (χ1) is 8.00. The van der Waals surface area contributed by atoms with Gasteiger partial charge in [0.25, 0.3) is 0 Å². The van der Waals surface area contributed by atoms with Crippen molar-refractivity contribution in [3.05, 3.63) is 58.1 Å². The first-order valence-corrected chi connectivity index (χ1v) is 5.99. The van der Waals surface area contributed by atoms with E-state index in [2.05, 4.69) is 15.9 Å². The quantitative estimate of drug-likeness (QED) is 0.766. The highest BCUT2D eigenvalue weighted by atomic mass is 79.9. The molecule has 0 spiro atoms. The Balaban J connectivity index is 0.000000171. The highest BCUT2D eigenvalue weighted by Gasteiger charge is 1.92. The maximum absolute atomic E-state index is 9.02. The predicted octanol–water partition coefficient (Wildman–Crippen LogP) is 4.16. The summed E-state index contributed by atoms with van der Waals surface area (Å²) in [6.07, 6.45) is 0. The smallest absolute Gasteiger partial charge is 0.118 e. The van der Waals surface area contributed by atoms with Gasteiger partial charge < -0.3 is 10.2 Å². The summed E-state index contributed by atoms with van der Waals surface area (Å²) in [6, 6.07) is 12.6. The molecule has 0 aliphatic heterocycles. The number of hydrogen-bond donors (Lipinski definition) is 2. The molecule has 2 aromatic rings. The zero-order valence-corrected chi connectivity index (χ0v) is 11.4. The summed E-state index contributed by atoms with van der Waals surface area (Å²) >= 11 is 3.29. The standard InChI is InChI=1S/C7H7BrO.C7H8O/c1-5-4-6(8)2-3-7(5)9;1-6-4-2-3-5-7(6)8/h2-4,9H,1H3;2-5,8H,1H3. The Morgan fingerprint density at radius 2 is 1.41 bits per heavy atom. The number of hydrogen-bond acceptors (Lipinski definition) is 2. The van der Waals surface area contributed by atoms with Crippen LogP contribution in [0.15, 0.2) is 46.9 Å². The summed E-state index contributed by atoms with van der Waals surface area (Å²) in [4.78, 5) is 0. The van der Waals surface area contributed by atoms with Crippen molar-refractivity contribution < 1.29 is 10.2 Å². The van der Waals surface area contributed by atoms with Crippen LogP contribution in [-0.2, 0) is 0 Å². The minimum absolute atomic E-state index is 0.346. The van der Waals surface area contributed by atoms with Crippen molar-refractivity contribution in [1.82, 2.24) is 0 Å². The number of aromatic hydroxyl groups is 2. The fourth-order valence-corrected chi connectivity index (χ4v) is 1.66. The molecule has 0 unspecified atom stereocenters. The Kier molecular flexibility index (Phi) is 5.04. The molecule has 90 valence electrons. The molecule has 0 radical (unpaired) electrons. The molecule has 0 heterocycles. The van der Waals surface area contributed by atoms with Crippen LogP contribution in [0, 0.1) is 13.8 Å². The van der Waals surface area contributed by atoms with E-state index in [1.54, 1.807) is 12.1 Å². The molecule has 2 nitrogen and oxygen atoms in total. The largest absolute Gasteiger partial charge is 0.508 e. The molecule has 0 fully saturated rings. The second-order valence-electron chi connectivity index (χ2n) is 3.72. The zero-order valence-electron chi connectivity index (χ0n) is 9.81. The Hall–Kier alpha value is -1.48. The van der Waals surface area contributed by atoms with E-state index >= 15 is 0 Å². The van der Waals surface area contributed by atoms with E-state index in [0.29, 0.717) is 11.5 Å². The van der Waals surface area contributed by atoms with Crippen LogP contribution in [0.25, 0.3) is 0 Å². The first-order valence-electron chi connectivity index (χ1n) is 5.20. The normalized spacial score (nSPS) is 9.35. The number of phenolic OH excluding ortho intramolecular Hbond substituents is 2. The molecule has 0 aliphatic carbocycles. The summed E-state index contributed by atoms with van der Waals surface area (Å²) in [5.74, 6) is 0.714. The van der Waals surface area contributed by atoms with E-state index < -0.39 is 0 Å². The molecule has 17 heavy (non-hydrogen) atoms. The lowest BCUT2D eigenvalue weighted by molar-refractivity contribution is 0.470. The lowest BCUT2D eigenvalue weighted by atomic mass is 10.2. The number of aryl methyl sites for hydroxylation is 2. The molecule has 2 N–H and O–H groups in total. The molecular formula is C14H15BrO2. The van der Waals surface area contributed by atoms with Crippen molar-refractivity contribution in [3.63, 3.8) is 0 Å². The molecule has 0 saturated carbocycles. The first kappa shape index (κ1) is 13.6. The van der Waals surface area contributed by atoms with Gasteiger partial charge in [0.15, 0.2) is 0 Å². The van der Waals surface area contributed by atoms with E-state index in [1.165, 1.54) is 0 Å². The number of halogens is 1. The van der Waals surface area contributed by atoms with Gasteiger partial charge in [0.05, 0.1) is 0 Å². The van der Waals surface area contributed by atoms with Gasteiger partial charge in [-0.15, -0.1) is 0 Å². The second-order valence-corrected chi connectivity index (χ2v) is 4.63. The highest BCUT2D eigenvalue weighted by Crippen LogP contribution is 2.19. The van der Waals surface area contributed by atoms with E-state index in [1.807, 2.05) is 44.2 Å². The molecule has 0 aromatic heterocycles. The van der Waals surface area contributed by atoms with E-state index in [9.17, 15) is 0 Å². The van der Waals surface area contributed by atoms with Crippen LogP contribution in [0.1, 0.15) is 11.1 Å². The maximum Gasteiger partial charge on any atom is 0.118 e. The zero-order chi connectivity index (χ0) is 12.8. The SMILES string of the molecule is Cc1cc(Br)ccc1O.Cc1ccccc1O. The van der Waals surface area contributed by atoms with Gasteiger partial charge >= 0.3 is 0 Å². The Bertz CT molecular complexity index is 474. The minimum atomic E-state index is 0.346. The number of phenols is 2. The van der Waals surface area contributed by atoms with Crippen molar-refractivity contribution in [2.24, 2.45) is 0 Å². The second kappa shape index (κ2) is 6.30. The third kappa shape index (κ3) is 4.49. The number of benzene rings is 2. The molecule has 0 bridgehead atoms. The maximum atomic E-state index is 9.02. The molecule has 0 aliphatic rings. The van der Waals surface area contributed by atoms with Crippen molar-refractivity contribution in [1.29, 1.82) is 0 Å². The van der Waals surface area contributed by atoms with Crippen LogP contribution in [0.4, 0.5) is 0 Å². The number of rotatable bonds is 0. The lowest BCUT2D eigenvalue weighted by Gasteiger charge is -1.96. The van der Waals surface area contributed by atoms with Crippen LogP contribution in [0.5, 0.6) is 11.5 Å². The molecule has 0 saturated heterocycles. The van der Waals surface area contributed by atoms with Gasteiger partial charge in [0.2, 0.25) is 0 Å². The summed E-state index contributed by atoms with van der Waals surface area (Å²) in [5, 5.41) is 17.9. The van der Waals surface area contributed by atoms with Crippen molar-refractivity contribution in [2.75, 3.05) is 0 Å². The monoisotopic (exact) mass is 294 g/mol. The Morgan fingerprint density at radius 3 is 1.82 bits per heavy atom. The predicted molar refractivity (Wildman–Crippen MR) is 73.4 cm³/mol. The molecule has 3 heteroatoms. The average Bonchev–Trinajstić information content (AvgIpc) is 2.29. The van der Waals surface area contributed by atoms with Crippen molar-refractivity contribution >= 4 is 15.9 Å². The summed E-state index contributed by atoms with van der Waals surface area (Å²) in [6.45, 7) is 3.73. The van der Waals surface area contributed by atoms with Gasteiger partial charge in [-0.3, -0.25) is 0 Å². The molecule has 2 rings (SSSR count). The van der Waals surface area contributed by atoms with E-state index in [-0.39, 0.29) is 0 Å². The minimum Gasteiger partial charge on any atom is -0.508 e. The fraction of sp³-hybridized carbons (Fsp3) is 0.143. The van der Waals surface area contributed by atoms with E-state index in [0.717, 1.165) is 15.6 Å². The summed E-state index contributed by atoms with van der Waals surface area (Å²) in [7, 11) is 0. The van der Waals surface area contributed by atoms with Crippen LogP contribution in [0.2, 0.25) is 0 Å². The Morgan fingerprint density at radius 1 is 0.824 bits per heavy atom. The number of para-hydroxylation sites is 1. The third-order valence-corrected chi connectivity index (χ3v) is 2.77. The Labute approximate surface area is 110 Å². The lowest BCUT2D eigenvalue weighted by Crippen LogP contribution is -1.72. The van der Waals surface area contributed by atoms with E-state index in [4.69, 9.17) is 10.2 Å². The third-order valence-electron chi connectivity index (χ3n) is 2.27. The summed E-state index contributed by atoms with van der Waals surface area (Å²) < 4.78 is 0.998. The van der Waals surface area contributed by atoms with Gasteiger partial charge in [-0.25, -0.2) is 0 Å². The fourth-order valence-electron chi connectivity index (χ4n) is 1.18.